The van der Waals surface area contributed by atoms with Gasteiger partial charge in [0.15, 0.2) is 0 Å². The molecular formula is C50H32N2O. The van der Waals surface area contributed by atoms with E-state index in [2.05, 4.69) is 199 Å². The summed E-state index contributed by atoms with van der Waals surface area (Å²) in [5.74, 6) is 0.855. The van der Waals surface area contributed by atoms with Crippen LogP contribution in [0.3, 0.4) is 0 Å². The van der Waals surface area contributed by atoms with Crippen molar-refractivity contribution < 1.29 is 4.42 Å². The van der Waals surface area contributed by atoms with Gasteiger partial charge in [-0.25, -0.2) is 4.98 Å². The molecule has 0 saturated heterocycles. The largest absolute Gasteiger partial charge is 0.456 e. The molecule has 2 aromatic heterocycles. The fourth-order valence-electron chi connectivity index (χ4n) is 8.94. The van der Waals surface area contributed by atoms with Crippen LogP contribution in [0.4, 0.5) is 17.2 Å². The number of furan rings is 1. The van der Waals surface area contributed by atoms with E-state index in [1.807, 2.05) is 0 Å². The quantitative estimate of drug-likeness (QED) is 0.186. The Morgan fingerprint density at radius 2 is 0.962 bits per heavy atom. The van der Waals surface area contributed by atoms with Crippen LogP contribution in [-0.4, -0.2) is 4.98 Å². The van der Waals surface area contributed by atoms with Crippen LogP contribution in [-0.2, 0) is 5.41 Å². The first-order valence-corrected chi connectivity index (χ1v) is 18.1. The predicted octanol–water partition coefficient (Wildman–Crippen LogP) is 13.1. The zero-order valence-electron chi connectivity index (χ0n) is 28.8. The molecule has 53 heavy (non-hydrogen) atoms. The van der Waals surface area contributed by atoms with Crippen molar-refractivity contribution in [1.82, 2.24) is 4.98 Å². The van der Waals surface area contributed by atoms with Gasteiger partial charge in [0.2, 0.25) is 0 Å². The Bertz CT molecular complexity index is 2910. The fourth-order valence-corrected chi connectivity index (χ4v) is 8.94. The third-order valence-corrected chi connectivity index (χ3v) is 11.1. The van der Waals surface area contributed by atoms with Crippen molar-refractivity contribution in [2.45, 2.75) is 5.41 Å². The van der Waals surface area contributed by atoms with Crippen molar-refractivity contribution in [3.63, 3.8) is 0 Å². The maximum atomic E-state index is 6.60. The van der Waals surface area contributed by atoms with Gasteiger partial charge >= 0.3 is 0 Å². The molecule has 0 aliphatic carbocycles. The minimum Gasteiger partial charge on any atom is -0.456 e. The van der Waals surface area contributed by atoms with Crippen LogP contribution in [0.1, 0.15) is 22.3 Å². The Labute approximate surface area is 307 Å². The van der Waals surface area contributed by atoms with Crippen molar-refractivity contribution in [1.29, 1.82) is 0 Å². The molecule has 248 valence electrons. The van der Waals surface area contributed by atoms with Crippen molar-refractivity contribution in [2.75, 3.05) is 4.90 Å². The van der Waals surface area contributed by atoms with Gasteiger partial charge in [-0.3, -0.25) is 4.90 Å². The molecule has 0 spiro atoms. The van der Waals surface area contributed by atoms with Gasteiger partial charge in [-0.1, -0.05) is 158 Å². The molecule has 8 aromatic carbocycles. The Morgan fingerprint density at radius 1 is 0.434 bits per heavy atom. The van der Waals surface area contributed by atoms with E-state index < -0.39 is 5.41 Å². The number of anilines is 3. The average Bonchev–Trinajstić information content (AvgIpc) is 3.63. The first-order valence-electron chi connectivity index (χ1n) is 18.1. The van der Waals surface area contributed by atoms with E-state index in [-0.39, 0.29) is 0 Å². The molecule has 3 heteroatoms. The molecule has 0 radical (unpaired) electrons. The molecule has 0 unspecified atom stereocenters. The summed E-state index contributed by atoms with van der Waals surface area (Å²) in [6.07, 6.45) is 0. The summed E-state index contributed by atoms with van der Waals surface area (Å²) in [6.45, 7) is 0. The molecule has 3 nitrogen and oxygen atoms in total. The number of nitrogens with zero attached hydrogens (tertiary/aromatic N) is 2. The van der Waals surface area contributed by atoms with Gasteiger partial charge < -0.3 is 4.42 Å². The van der Waals surface area contributed by atoms with Gasteiger partial charge in [-0.15, -0.1) is 0 Å². The van der Waals surface area contributed by atoms with E-state index >= 15 is 0 Å². The van der Waals surface area contributed by atoms with Gasteiger partial charge in [0.05, 0.1) is 22.5 Å². The zero-order chi connectivity index (χ0) is 34.9. The molecule has 1 aliphatic rings. The molecule has 0 bridgehead atoms. The van der Waals surface area contributed by atoms with Crippen molar-refractivity contribution >= 4 is 60.7 Å². The van der Waals surface area contributed by atoms with Gasteiger partial charge in [0.1, 0.15) is 17.0 Å². The topological polar surface area (TPSA) is 29.3 Å². The maximum absolute atomic E-state index is 6.60. The van der Waals surface area contributed by atoms with Crippen LogP contribution in [0.5, 0.6) is 0 Å². The number of pyridine rings is 1. The van der Waals surface area contributed by atoms with E-state index in [4.69, 9.17) is 9.40 Å². The van der Waals surface area contributed by atoms with E-state index in [0.717, 1.165) is 61.2 Å². The molecule has 0 atom stereocenters. The smallest absolute Gasteiger partial charge is 0.138 e. The Kier molecular flexibility index (Phi) is 6.47. The second kappa shape index (κ2) is 11.5. The highest BCUT2D eigenvalue weighted by atomic mass is 16.3. The molecule has 0 fully saturated rings. The molecular weight excluding hydrogens is 645 g/mol. The highest BCUT2D eigenvalue weighted by Crippen LogP contribution is 2.57. The Hall–Kier alpha value is -6.97. The monoisotopic (exact) mass is 676 g/mol. The molecule has 1 aliphatic heterocycles. The normalized spacial score (nSPS) is 13.4. The van der Waals surface area contributed by atoms with E-state index in [0.29, 0.717) is 0 Å². The van der Waals surface area contributed by atoms with E-state index in [1.54, 1.807) is 0 Å². The SMILES string of the molecule is c1ccc(-c2nc(N3c4ccccc4C(c4ccccc4)(c4ccccc4)c4ccccc43)cc3c2ccc2oc4ccc5ccccc5c4c23)cc1. The van der Waals surface area contributed by atoms with Crippen LogP contribution in [0.15, 0.2) is 199 Å². The number of benzene rings is 8. The summed E-state index contributed by atoms with van der Waals surface area (Å²) in [7, 11) is 0. The second-order valence-corrected chi connectivity index (χ2v) is 13.8. The number of para-hydroxylation sites is 2. The summed E-state index contributed by atoms with van der Waals surface area (Å²) in [5, 5.41) is 6.81. The van der Waals surface area contributed by atoms with Gasteiger partial charge in [-0.05, 0) is 74.8 Å². The minimum absolute atomic E-state index is 0.557. The number of aromatic nitrogens is 1. The van der Waals surface area contributed by atoms with Crippen molar-refractivity contribution in [2.24, 2.45) is 0 Å². The van der Waals surface area contributed by atoms with Crippen molar-refractivity contribution in [3.05, 3.63) is 216 Å². The Balaban J connectivity index is 1.28. The third-order valence-electron chi connectivity index (χ3n) is 11.1. The maximum Gasteiger partial charge on any atom is 0.138 e. The first kappa shape index (κ1) is 29.7. The third kappa shape index (κ3) is 4.25. The standard InChI is InChI=1S/C50H32N2O/c1-4-17-34(18-5-1)49-38-29-31-45-48(47-37-23-11-10-16-33(37)28-30-44(47)53-45)39(38)32-46(51-49)52-42-26-14-12-24-40(42)50(35-19-6-2-7-20-35,36-21-8-3-9-22-36)41-25-13-15-27-43(41)52/h1-32H. The number of hydrogen-bond acceptors (Lipinski definition) is 3. The molecule has 0 N–H and O–H groups in total. The Morgan fingerprint density at radius 3 is 1.62 bits per heavy atom. The fraction of sp³-hybridized carbons (Fsp3) is 0.0200. The van der Waals surface area contributed by atoms with Gasteiger partial charge in [0.25, 0.3) is 0 Å². The van der Waals surface area contributed by atoms with Crippen LogP contribution in [0, 0.1) is 0 Å². The lowest BCUT2D eigenvalue weighted by Gasteiger charge is -2.46. The average molecular weight is 677 g/mol. The highest BCUT2D eigenvalue weighted by molar-refractivity contribution is 6.27. The van der Waals surface area contributed by atoms with Gasteiger partial charge in [-0.2, -0.15) is 0 Å². The lowest BCUT2D eigenvalue weighted by atomic mass is 9.62. The van der Waals surface area contributed by atoms with E-state index in [9.17, 15) is 0 Å². The van der Waals surface area contributed by atoms with E-state index in [1.165, 1.54) is 33.0 Å². The highest BCUT2D eigenvalue weighted by Gasteiger charge is 2.46. The predicted molar refractivity (Wildman–Crippen MR) is 219 cm³/mol. The summed E-state index contributed by atoms with van der Waals surface area (Å²) in [5.41, 5.74) is 10.2. The number of fused-ring (bicyclic) bond motifs is 9. The number of hydrogen-bond donors (Lipinski definition) is 0. The molecule has 11 rings (SSSR count). The van der Waals surface area contributed by atoms with Crippen LogP contribution >= 0.6 is 0 Å². The summed E-state index contributed by atoms with van der Waals surface area (Å²) in [4.78, 5) is 7.99. The van der Waals surface area contributed by atoms with Crippen LogP contribution < -0.4 is 4.90 Å². The summed E-state index contributed by atoms with van der Waals surface area (Å²) in [6, 6.07) is 69.6. The summed E-state index contributed by atoms with van der Waals surface area (Å²) >= 11 is 0. The second-order valence-electron chi connectivity index (χ2n) is 13.8. The summed E-state index contributed by atoms with van der Waals surface area (Å²) < 4.78 is 6.60. The first-order chi connectivity index (χ1) is 26.3. The minimum atomic E-state index is -0.557. The lowest BCUT2D eigenvalue weighted by molar-refractivity contribution is 0.669. The van der Waals surface area contributed by atoms with Gasteiger partial charge in [0, 0.05) is 21.7 Å². The lowest BCUT2D eigenvalue weighted by Crippen LogP contribution is -2.37. The molecule has 0 saturated carbocycles. The molecule has 3 heterocycles. The van der Waals surface area contributed by atoms with Crippen molar-refractivity contribution in [3.8, 4) is 11.3 Å². The zero-order valence-corrected chi connectivity index (χ0v) is 28.8. The van der Waals surface area contributed by atoms with Crippen LogP contribution in [0.2, 0.25) is 0 Å². The molecule has 10 aromatic rings. The van der Waals surface area contributed by atoms with Crippen LogP contribution in [0.25, 0.3) is 54.7 Å². The molecule has 0 amide bonds. The number of rotatable bonds is 4.